The van der Waals surface area contributed by atoms with Crippen LogP contribution in [0.3, 0.4) is 0 Å². The van der Waals surface area contributed by atoms with Gasteiger partial charge in [-0.25, -0.2) is 4.79 Å². The van der Waals surface area contributed by atoms with E-state index in [-0.39, 0.29) is 5.91 Å². The lowest BCUT2D eigenvalue weighted by Gasteiger charge is -2.12. The van der Waals surface area contributed by atoms with Crippen LogP contribution in [0.5, 0.6) is 11.5 Å². The molecule has 0 heterocycles. The summed E-state index contributed by atoms with van der Waals surface area (Å²) in [6.07, 6.45) is 0. The molecule has 126 valence electrons. The normalized spacial score (nSPS) is 10.0. The first kappa shape index (κ1) is 17.3. The lowest BCUT2D eigenvalue weighted by atomic mass is 10.1. The zero-order chi connectivity index (χ0) is 17.7. The minimum atomic E-state index is -0.420. The fourth-order valence-corrected chi connectivity index (χ4v) is 2.22. The number of benzene rings is 2. The number of methoxy groups -OCH3 is 3. The van der Waals surface area contributed by atoms with Gasteiger partial charge in [0.15, 0.2) is 11.5 Å². The second-order valence-electron chi connectivity index (χ2n) is 5.05. The van der Waals surface area contributed by atoms with Crippen LogP contribution >= 0.6 is 0 Å². The van der Waals surface area contributed by atoms with Gasteiger partial charge in [0.05, 0.1) is 26.9 Å². The third kappa shape index (κ3) is 3.65. The summed E-state index contributed by atoms with van der Waals surface area (Å²) in [6.45, 7) is 1.80. The number of carbonyl (C=O) groups excluding carboxylic acids is 2. The maximum atomic E-state index is 12.4. The molecule has 0 spiro atoms. The van der Waals surface area contributed by atoms with Gasteiger partial charge in [0.1, 0.15) is 0 Å². The van der Waals surface area contributed by atoms with Gasteiger partial charge < -0.3 is 19.5 Å². The Morgan fingerprint density at radius 2 is 1.54 bits per heavy atom. The number of rotatable bonds is 5. The lowest BCUT2D eigenvalue weighted by Crippen LogP contribution is -2.13. The van der Waals surface area contributed by atoms with E-state index in [1.54, 1.807) is 43.3 Å². The van der Waals surface area contributed by atoms with E-state index >= 15 is 0 Å². The molecule has 0 fully saturated rings. The van der Waals surface area contributed by atoms with Crippen LogP contribution in [0.1, 0.15) is 26.3 Å². The van der Waals surface area contributed by atoms with Crippen LogP contribution in [0.25, 0.3) is 0 Å². The van der Waals surface area contributed by atoms with E-state index in [1.807, 2.05) is 0 Å². The van der Waals surface area contributed by atoms with Gasteiger partial charge in [-0.2, -0.15) is 0 Å². The minimum Gasteiger partial charge on any atom is -0.493 e. The van der Waals surface area contributed by atoms with Crippen molar-refractivity contribution in [2.75, 3.05) is 26.6 Å². The SMILES string of the molecule is COC(=O)c1ccc(NC(=O)c2ccc(OC)c(OC)c2)c(C)c1. The smallest absolute Gasteiger partial charge is 0.337 e. The van der Waals surface area contributed by atoms with Crippen molar-refractivity contribution >= 4 is 17.6 Å². The Kier molecular flexibility index (Phi) is 5.42. The fourth-order valence-electron chi connectivity index (χ4n) is 2.22. The molecule has 0 aromatic heterocycles. The summed E-state index contributed by atoms with van der Waals surface area (Å²) in [5.74, 6) is 0.316. The van der Waals surface area contributed by atoms with E-state index in [1.165, 1.54) is 21.3 Å². The summed E-state index contributed by atoms with van der Waals surface area (Å²) >= 11 is 0. The minimum absolute atomic E-state index is 0.287. The van der Waals surface area contributed by atoms with E-state index in [4.69, 9.17) is 9.47 Å². The molecule has 2 aromatic carbocycles. The highest BCUT2D eigenvalue weighted by molar-refractivity contribution is 6.05. The van der Waals surface area contributed by atoms with Crippen molar-refractivity contribution < 1.29 is 23.8 Å². The van der Waals surface area contributed by atoms with Crippen molar-refractivity contribution in [3.8, 4) is 11.5 Å². The maximum absolute atomic E-state index is 12.4. The summed E-state index contributed by atoms with van der Waals surface area (Å²) in [5.41, 5.74) is 2.23. The van der Waals surface area contributed by atoms with Crippen LogP contribution in [0.2, 0.25) is 0 Å². The summed E-state index contributed by atoms with van der Waals surface area (Å²) in [4.78, 5) is 23.9. The number of esters is 1. The first-order chi connectivity index (χ1) is 11.5. The highest BCUT2D eigenvalue weighted by atomic mass is 16.5. The highest BCUT2D eigenvalue weighted by Crippen LogP contribution is 2.28. The summed E-state index contributed by atoms with van der Waals surface area (Å²) in [6, 6.07) is 9.85. The molecular weight excluding hydrogens is 310 g/mol. The summed E-state index contributed by atoms with van der Waals surface area (Å²) in [7, 11) is 4.36. The van der Waals surface area contributed by atoms with Gasteiger partial charge in [-0.15, -0.1) is 0 Å². The topological polar surface area (TPSA) is 73.9 Å². The van der Waals surface area contributed by atoms with E-state index in [0.29, 0.717) is 28.3 Å². The van der Waals surface area contributed by atoms with E-state index in [9.17, 15) is 9.59 Å². The Morgan fingerprint density at radius 3 is 2.12 bits per heavy atom. The first-order valence-corrected chi connectivity index (χ1v) is 7.22. The van der Waals surface area contributed by atoms with Crippen LogP contribution in [0, 0.1) is 6.92 Å². The molecule has 0 bridgehead atoms. The standard InChI is InChI=1S/C18H19NO5/c1-11-9-13(18(21)24-4)5-7-14(11)19-17(20)12-6-8-15(22-2)16(10-12)23-3/h5-10H,1-4H3,(H,19,20). The third-order valence-electron chi connectivity index (χ3n) is 3.54. The number of hydrogen-bond donors (Lipinski definition) is 1. The Bertz CT molecular complexity index is 770. The average molecular weight is 329 g/mol. The van der Waals surface area contributed by atoms with Gasteiger partial charge in [-0.1, -0.05) is 0 Å². The number of aryl methyl sites for hydroxylation is 1. The zero-order valence-electron chi connectivity index (χ0n) is 14.0. The average Bonchev–Trinajstić information content (AvgIpc) is 2.61. The highest BCUT2D eigenvalue weighted by Gasteiger charge is 2.13. The third-order valence-corrected chi connectivity index (χ3v) is 3.54. The molecule has 0 saturated heterocycles. The maximum Gasteiger partial charge on any atom is 0.337 e. The van der Waals surface area contributed by atoms with Crippen LogP contribution < -0.4 is 14.8 Å². The molecule has 6 heteroatoms. The van der Waals surface area contributed by atoms with Crippen LogP contribution in [-0.2, 0) is 4.74 Å². The largest absolute Gasteiger partial charge is 0.493 e. The van der Waals surface area contributed by atoms with Crippen LogP contribution in [0.4, 0.5) is 5.69 Å². The Morgan fingerprint density at radius 1 is 0.875 bits per heavy atom. The van der Waals surface area contributed by atoms with Gasteiger partial charge in [0, 0.05) is 11.3 Å². The number of carbonyl (C=O) groups is 2. The van der Waals surface area contributed by atoms with Crippen LogP contribution in [-0.4, -0.2) is 33.2 Å². The molecule has 0 aliphatic rings. The second-order valence-corrected chi connectivity index (χ2v) is 5.05. The van der Waals surface area contributed by atoms with Gasteiger partial charge in [-0.05, 0) is 48.9 Å². The predicted octanol–water partition coefficient (Wildman–Crippen LogP) is 3.05. The molecule has 0 radical (unpaired) electrons. The molecule has 0 unspecified atom stereocenters. The Labute approximate surface area is 140 Å². The monoisotopic (exact) mass is 329 g/mol. The molecule has 0 aliphatic heterocycles. The molecule has 1 N–H and O–H groups in total. The Hall–Kier alpha value is -3.02. The number of hydrogen-bond acceptors (Lipinski definition) is 5. The van der Waals surface area contributed by atoms with Gasteiger partial charge in [0.2, 0.25) is 0 Å². The molecular formula is C18H19NO5. The molecule has 6 nitrogen and oxygen atoms in total. The predicted molar refractivity (Wildman–Crippen MR) is 90.0 cm³/mol. The number of anilines is 1. The molecule has 0 saturated carbocycles. The molecule has 0 aliphatic carbocycles. The second kappa shape index (κ2) is 7.50. The zero-order valence-corrected chi connectivity index (χ0v) is 14.0. The van der Waals surface area contributed by atoms with Crippen molar-refractivity contribution in [2.24, 2.45) is 0 Å². The van der Waals surface area contributed by atoms with Crippen LogP contribution in [0.15, 0.2) is 36.4 Å². The van der Waals surface area contributed by atoms with E-state index < -0.39 is 5.97 Å². The molecule has 2 rings (SSSR count). The first-order valence-electron chi connectivity index (χ1n) is 7.22. The molecule has 0 atom stereocenters. The molecule has 24 heavy (non-hydrogen) atoms. The lowest BCUT2D eigenvalue weighted by molar-refractivity contribution is 0.0600. The summed E-state index contributed by atoms with van der Waals surface area (Å²) < 4.78 is 15.0. The van der Waals surface area contributed by atoms with Crippen molar-refractivity contribution in [2.45, 2.75) is 6.92 Å². The molecule has 1 amide bonds. The van der Waals surface area contributed by atoms with Crippen molar-refractivity contribution in [1.29, 1.82) is 0 Å². The van der Waals surface area contributed by atoms with E-state index in [2.05, 4.69) is 10.1 Å². The number of ether oxygens (including phenoxy) is 3. The van der Waals surface area contributed by atoms with E-state index in [0.717, 1.165) is 5.56 Å². The van der Waals surface area contributed by atoms with Crippen molar-refractivity contribution in [1.82, 2.24) is 0 Å². The quantitative estimate of drug-likeness (QED) is 0.854. The molecule has 2 aromatic rings. The number of amides is 1. The Balaban J connectivity index is 2.22. The van der Waals surface area contributed by atoms with Gasteiger partial charge in [0.25, 0.3) is 5.91 Å². The van der Waals surface area contributed by atoms with Crippen molar-refractivity contribution in [3.63, 3.8) is 0 Å². The van der Waals surface area contributed by atoms with Gasteiger partial charge in [-0.3, -0.25) is 4.79 Å². The van der Waals surface area contributed by atoms with Crippen molar-refractivity contribution in [3.05, 3.63) is 53.1 Å². The fraction of sp³-hybridized carbons (Fsp3) is 0.222. The summed E-state index contributed by atoms with van der Waals surface area (Å²) in [5, 5.41) is 2.81. The van der Waals surface area contributed by atoms with Gasteiger partial charge >= 0.3 is 5.97 Å². The number of nitrogens with one attached hydrogen (secondary N) is 1.